The third-order valence-electron chi connectivity index (χ3n) is 3.50. The van der Waals surface area contributed by atoms with Gasteiger partial charge in [-0.3, -0.25) is 4.90 Å². The smallest absolute Gasteiger partial charge is 0.327 e. The van der Waals surface area contributed by atoms with Crippen LogP contribution in [-0.2, 0) is 9.53 Å². The van der Waals surface area contributed by atoms with E-state index in [9.17, 15) is 14.7 Å². The molecule has 19 heavy (non-hydrogen) atoms. The molecule has 1 N–H and O–H groups in total. The summed E-state index contributed by atoms with van der Waals surface area (Å²) >= 11 is 1.51. The van der Waals surface area contributed by atoms with Gasteiger partial charge in [0.1, 0.15) is 6.04 Å². The summed E-state index contributed by atoms with van der Waals surface area (Å²) in [7, 11) is 1.60. The van der Waals surface area contributed by atoms with Crippen molar-refractivity contribution >= 4 is 23.8 Å². The van der Waals surface area contributed by atoms with Crippen LogP contribution in [0.4, 0.5) is 4.79 Å². The number of methoxy groups -OCH3 is 1. The normalized spacial score (nSPS) is 26.5. The average molecular weight is 288 g/mol. The molecule has 2 fully saturated rings. The molecule has 1 aliphatic heterocycles. The van der Waals surface area contributed by atoms with E-state index >= 15 is 0 Å². The SMILES string of the molecule is COCCN(C(=O)N1C(C)SCC1C(=O)O)C1CC1. The van der Waals surface area contributed by atoms with Gasteiger partial charge in [0.2, 0.25) is 0 Å². The van der Waals surface area contributed by atoms with E-state index in [1.54, 1.807) is 12.0 Å². The Morgan fingerprint density at radius 3 is 2.68 bits per heavy atom. The van der Waals surface area contributed by atoms with E-state index in [-0.39, 0.29) is 17.4 Å². The van der Waals surface area contributed by atoms with Gasteiger partial charge in [-0.25, -0.2) is 9.59 Å². The van der Waals surface area contributed by atoms with E-state index in [1.165, 1.54) is 16.7 Å². The number of hydrogen-bond acceptors (Lipinski definition) is 4. The van der Waals surface area contributed by atoms with Crippen molar-refractivity contribution < 1.29 is 19.4 Å². The van der Waals surface area contributed by atoms with Crippen LogP contribution in [0.1, 0.15) is 19.8 Å². The molecule has 1 saturated heterocycles. The van der Waals surface area contributed by atoms with Gasteiger partial charge in [0.25, 0.3) is 0 Å². The maximum absolute atomic E-state index is 12.6. The van der Waals surface area contributed by atoms with Gasteiger partial charge in [0.05, 0.1) is 12.0 Å². The number of urea groups is 1. The molecule has 1 aliphatic carbocycles. The fourth-order valence-corrected chi connectivity index (χ4v) is 3.44. The Morgan fingerprint density at radius 1 is 1.47 bits per heavy atom. The summed E-state index contributed by atoms with van der Waals surface area (Å²) < 4.78 is 5.03. The van der Waals surface area contributed by atoms with Gasteiger partial charge in [-0.1, -0.05) is 0 Å². The second-order valence-corrected chi connectivity index (χ2v) is 6.24. The van der Waals surface area contributed by atoms with Crippen LogP contribution >= 0.6 is 11.8 Å². The summed E-state index contributed by atoms with van der Waals surface area (Å²) in [5.74, 6) is -0.460. The zero-order valence-electron chi connectivity index (χ0n) is 11.2. The molecule has 2 atom stereocenters. The van der Waals surface area contributed by atoms with E-state index < -0.39 is 12.0 Å². The largest absolute Gasteiger partial charge is 0.480 e. The Bertz CT molecular complexity index is 362. The van der Waals surface area contributed by atoms with Crippen LogP contribution in [0.3, 0.4) is 0 Å². The van der Waals surface area contributed by atoms with Crippen molar-refractivity contribution in [1.29, 1.82) is 0 Å². The number of thioether (sulfide) groups is 1. The Hall–Kier alpha value is -0.950. The van der Waals surface area contributed by atoms with Crippen molar-refractivity contribution in [3.05, 3.63) is 0 Å². The van der Waals surface area contributed by atoms with Crippen molar-refractivity contribution in [2.75, 3.05) is 26.0 Å². The molecule has 0 aromatic rings. The lowest BCUT2D eigenvalue weighted by Crippen LogP contribution is -2.52. The number of amides is 2. The molecule has 2 rings (SSSR count). The first kappa shape index (κ1) is 14.5. The van der Waals surface area contributed by atoms with Gasteiger partial charge in [-0.2, -0.15) is 0 Å². The number of aliphatic carboxylic acids is 1. The molecule has 0 spiro atoms. The van der Waals surface area contributed by atoms with Crippen molar-refractivity contribution in [2.45, 2.75) is 37.2 Å². The number of ether oxygens (including phenoxy) is 1. The van der Waals surface area contributed by atoms with E-state index in [0.29, 0.717) is 18.9 Å². The predicted molar refractivity (Wildman–Crippen MR) is 72.2 cm³/mol. The molecule has 0 radical (unpaired) electrons. The number of carboxylic acid groups (broad SMARTS) is 1. The zero-order chi connectivity index (χ0) is 14.0. The fourth-order valence-electron chi connectivity index (χ4n) is 2.28. The maximum atomic E-state index is 12.6. The van der Waals surface area contributed by atoms with E-state index in [4.69, 9.17) is 4.74 Å². The van der Waals surface area contributed by atoms with Crippen LogP contribution in [-0.4, -0.2) is 70.4 Å². The molecule has 7 heteroatoms. The highest BCUT2D eigenvalue weighted by molar-refractivity contribution is 8.00. The molecular weight excluding hydrogens is 268 g/mol. The molecule has 2 aliphatic rings. The van der Waals surface area contributed by atoms with E-state index in [2.05, 4.69) is 0 Å². The second kappa shape index (κ2) is 6.00. The Balaban J connectivity index is 2.08. The van der Waals surface area contributed by atoms with Crippen LogP contribution < -0.4 is 0 Å². The van der Waals surface area contributed by atoms with Gasteiger partial charge in [-0.15, -0.1) is 11.8 Å². The van der Waals surface area contributed by atoms with Crippen LogP contribution in [0, 0.1) is 0 Å². The minimum atomic E-state index is -0.923. The highest BCUT2D eigenvalue weighted by Gasteiger charge is 2.44. The number of carboxylic acids is 1. The monoisotopic (exact) mass is 288 g/mol. The lowest BCUT2D eigenvalue weighted by molar-refractivity contribution is -0.141. The third-order valence-corrected chi connectivity index (χ3v) is 4.72. The summed E-state index contributed by atoms with van der Waals surface area (Å²) in [4.78, 5) is 27.1. The van der Waals surface area contributed by atoms with Crippen LogP contribution in [0.2, 0.25) is 0 Å². The minimum Gasteiger partial charge on any atom is -0.480 e. The first-order valence-corrected chi connectivity index (χ1v) is 7.53. The molecule has 108 valence electrons. The molecule has 1 saturated carbocycles. The number of carbonyl (C=O) groups is 2. The van der Waals surface area contributed by atoms with Gasteiger partial charge in [-0.05, 0) is 19.8 Å². The minimum absolute atomic E-state index is 0.0857. The first-order valence-electron chi connectivity index (χ1n) is 6.48. The van der Waals surface area contributed by atoms with Crippen LogP contribution in [0.5, 0.6) is 0 Å². The quantitative estimate of drug-likeness (QED) is 0.819. The Morgan fingerprint density at radius 2 is 2.16 bits per heavy atom. The van der Waals surface area contributed by atoms with Gasteiger partial charge >= 0.3 is 12.0 Å². The molecule has 0 aromatic heterocycles. The Kier molecular flexibility index (Phi) is 4.57. The summed E-state index contributed by atoms with van der Waals surface area (Å²) in [5, 5.41) is 9.13. The summed E-state index contributed by atoms with van der Waals surface area (Å²) in [5.41, 5.74) is 0. The van der Waals surface area contributed by atoms with Crippen LogP contribution in [0.15, 0.2) is 0 Å². The van der Waals surface area contributed by atoms with Crippen molar-refractivity contribution in [3.8, 4) is 0 Å². The molecule has 0 aromatic carbocycles. The predicted octanol–water partition coefficient (Wildman–Crippen LogP) is 1.07. The standard InChI is InChI=1S/C12H20N2O4S/c1-8-14(10(7-19-8)11(15)16)12(17)13(5-6-18-2)9-3-4-9/h8-10H,3-7H2,1-2H3,(H,15,16). The highest BCUT2D eigenvalue weighted by Crippen LogP contribution is 2.33. The molecule has 2 unspecified atom stereocenters. The van der Waals surface area contributed by atoms with Crippen molar-refractivity contribution in [1.82, 2.24) is 9.80 Å². The molecule has 0 bridgehead atoms. The molecule has 6 nitrogen and oxygen atoms in total. The first-order chi connectivity index (χ1) is 9.06. The number of hydrogen-bond donors (Lipinski definition) is 1. The fraction of sp³-hybridized carbons (Fsp3) is 0.833. The number of rotatable bonds is 5. The van der Waals surface area contributed by atoms with E-state index in [1.807, 2.05) is 6.92 Å². The molecular formula is C12H20N2O4S. The van der Waals surface area contributed by atoms with Crippen LogP contribution in [0.25, 0.3) is 0 Å². The summed E-state index contributed by atoms with van der Waals surface area (Å²) in [6.45, 7) is 2.89. The third kappa shape index (κ3) is 3.14. The highest BCUT2D eigenvalue weighted by atomic mass is 32.2. The average Bonchev–Trinajstić information content (AvgIpc) is 3.11. The molecule has 2 amide bonds. The summed E-state index contributed by atoms with van der Waals surface area (Å²) in [6, 6.07) is -0.615. The maximum Gasteiger partial charge on any atom is 0.327 e. The zero-order valence-corrected chi connectivity index (χ0v) is 12.1. The van der Waals surface area contributed by atoms with Gasteiger partial charge in [0, 0.05) is 25.4 Å². The lowest BCUT2D eigenvalue weighted by Gasteiger charge is -2.32. The molecule has 1 heterocycles. The topological polar surface area (TPSA) is 70.1 Å². The second-order valence-electron chi connectivity index (χ2n) is 4.89. The number of carbonyl (C=O) groups excluding carboxylic acids is 1. The summed E-state index contributed by atoms with van der Waals surface area (Å²) in [6.07, 6.45) is 2.01. The van der Waals surface area contributed by atoms with Gasteiger partial charge < -0.3 is 14.7 Å². The Labute approximate surface area is 117 Å². The van der Waals surface area contributed by atoms with Crippen molar-refractivity contribution in [3.63, 3.8) is 0 Å². The van der Waals surface area contributed by atoms with Crippen molar-refractivity contribution in [2.24, 2.45) is 0 Å². The van der Waals surface area contributed by atoms with Gasteiger partial charge in [0.15, 0.2) is 0 Å². The number of nitrogens with zero attached hydrogens (tertiary/aromatic N) is 2. The van der Waals surface area contributed by atoms with E-state index in [0.717, 1.165) is 12.8 Å². The lowest BCUT2D eigenvalue weighted by atomic mass is 10.3.